The van der Waals surface area contributed by atoms with E-state index in [4.69, 9.17) is 9.15 Å². The minimum atomic E-state index is -3.97. The maximum absolute atomic E-state index is 12.5. The number of carbonyl (C=O) groups is 1. The van der Waals surface area contributed by atoms with Gasteiger partial charge in [-0.2, -0.15) is 4.31 Å². The van der Waals surface area contributed by atoms with Crippen LogP contribution in [0.3, 0.4) is 0 Å². The monoisotopic (exact) mass is 317 g/mol. The SMILES string of the molecule is CCO[C@@H]1C[C@@H](C(=O)O)N(S(=O)(=O)c2ccc(CC)o2)C1. The van der Waals surface area contributed by atoms with Crippen LogP contribution in [0.5, 0.6) is 0 Å². The third-order valence-corrected chi connectivity index (χ3v) is 5.20. The van der Waals surface area contributed by atoms with Crippen LogP contribution >= 0.6 is 0 Å². The summed E-state index contributed by atoms with van der Waals surface area (Å²) >= 11 is 0. The second kappa shape index (κ2) is 6.17. The van der Waals surface area contributed by atoms with E-state index in [2.05, 4.69) is 0 Å². The highest BCUT2D eigenvalue weighted by atomic mass is 32.2. The summed E-state index contributed by atoms with van der Waals surface area (Å²) in [5, 5.41) is 9.02. The first kappa shape index (κ1) is 16.0. The second-order valence-corrected chi connectivity index (χ2v) is 6.64. The summed E-state index contributed by atoms with van der Waals surface area (Å²) in [6.07, 6.45) is 0.301. The van der Waals surface area contributed by atoms with Crippen molar-refractivity contribution in [2.75, 3.05) is 13.2 Å². The van der Waals surface area contributed by atoms with Crippen LogP contribution in [-0.4, -0.2) is 49.1 Å². The van der Waals surface area contributed by atoms with E-state index in [1.165, 1.54) is 6.07 Å². The van der Waals surface area contributed by atoms with Gasteiger partial charge in [0.2, 0.25) is 5.09 Å². The number of aryl methyl sites for hydroxylation is 1. The number of hydrogen-bond acceptors (Lipinski definition) is 5. The Hall–Kier alpha value is -1.38. The average molecular weight is 317 g/mol. The number of aliphatic carboxylic acids is 1. The zero-order valence-corrected chi connectivity index (χ0v) is 12.8. The molecule has 0 aromatic carbocycles. The van der Waals surface area contributed by atoms with Crippen molar-refractivity contribution >= 4 is 16.0 Å². The van der Waals surface area contributed by atoms with E-state index in [1.54, 1.807) is 13.0 Å². The van der Waals surface area contributed by atoms with Gasteiger partial charge in [0.15, 0.2) is 0 Å². The van der Waals surface area contributed by atoms with E-state index in [0.29, 0.717) is 18.8 Å². The molecule has 1 aromatic heterocycles. The summed E-state index contributed by atoms with van der Waals surface area (Å²) in [6, 6.07) is 1.82. The Labute approximate surface area is 123 Å². The molecule has 21 heavy (non-hydrogen) atoms. The molecule has 0 bridgehead atoms. The van der Waals surface area contributed by atoms with Gasteiger partial charge in [0, 0.05) is 26.0 Å². The number of rotatable bonds is 6. The van der Waals surface area contributed by atoms with Crippen molar-refractivity contribution in [2.45, 2.75) is 43.9 Å². The Kier molecular flexibility index (Phi) is 4.70. The minimum absolute atomic E-state index is 0.0231. The van der Waals surface area contributed by atoms with Crippen molar-refractivity contribution in [1.29, 1.82) is 0 Å². The molecule has 8 heteroatoms. The molecule has 1 N–H and O–H groups in total. The molecule has 0 amide bonds. The van der Waals surface area contributed by atoms with Crippen LogP contribution in [0.4, 0.5) is 0 Å². The van der Waals surface area contributed by atoms with Crippen molar-refractivity contribution in [3.05, 3.63) is 17.9 Å². The predicted octanol–water partition coefficient (Wildman–Crippen LogP) is 1.09. The van der Waals surface area contributed by atoms with Crippen LogP contribution in [-0.2, 0) is 26.0 Å². The van der Waals surface area contributed by atoms with E-state index in [-0.39, 0.29) is 18.1 Å². The lowest BCUT2D eigenvalue weighted by Gasteiger charge is -2.19. The lowest BCUT2D eigenvalue weighted by atomic mass is 10.2. The van der Waals surface area contributed by atoms with Gasteiger partial charge in [0.25, 0.3) is 10.0 Å². The first-order valence-electron chi connectivity index (χ1n) is 6.85. The maximum atomic E-state index is 12.5. The number of ether oxygens (including phenoxy) is 1. The van der Waals surface area contributed by atoms with Crippen LogP contribution in [0.1, 0.15) is 26.0 Å². The normalized spacial score (nSPS) is 23.5. The van der Waals surface area contributed by atoms with Gasteiger partial charge >= 0.3 is 5.97 Å². The third-order valence-electron chi connectivity index (χ3n) is 3.45. The summed E-state index contributed by atoms with van der Waals surface area (Å²) in [4.78, 5) is 11.3. The zero-order valence-electron chi connectivity index (χ0n) is 12.0. The molecule has 1 aromatic rings. The Morgan fingerprint density at radius 3 is 2.71 bits per heavy atom. The molecular weight excluding hydrogens is 298 g/mol. The summed E-state index contributed by atoms with van der Waals surface area (Å²) in [7, 11) is -3.97. The number of sulfonamides is 1. The fourth-order valence-corrected chi connectivity index (χ4v) is 3.97. The smallest absolute Gasteiger partial charge is 0.322 e. The summed E-state index contributed by atoms with van der Waals surface area (Å²) in [5.41, 5.74) is 0. The third kappa shape index (κ3) is 3.12. The van der Waals surface area contributed by atoms with Crippen molar-refractivity contribution in [2.24, 2.45) is 0 Å². The van der Waals surface area contributed by atoms with Gasteiger partial charge in [0.1, 0.15) is 11.8 Å². The van der Waals surface area contributed by atoms with Crippen LogP contribution in [0.2, 0.25) is 0 Å². The molecule has 2 atom stereocenters. The van der Waals surface area contributed by atoms with Gasteiger partial charge in [-0.15, -0.1) is 0 Å². The van der Waals surface area contributed by atoms with E-state index >= 15 is 0 Å². The molecule has 2 rings (SSSR count). The second-order valence-electron chi connectivity index (χ2n) is 4.82. The predicted molar refractivity (Wildman–Crippen MR) is 73.4 cm³/mol. The Morgan fingerprint density at radius 1 is 1.48 bits per heavy atom. The average Bonchev–Trinajstić information content (AvgIpc) is 3.05. The summed E-state index contributed by atoms with van der Waals surface area (Å²) < 4.78 is 36.7. The Morgan fingerprint density at radius 2 is 2.19 bits per heavy atom. The van der Waals surface area contributed by atoms with Crippen molar-refractivity contribution in [3.63, 3.8) is 0 Å². The zero-order chi connectivity index (χ0) is 15.6. The molecular formula is C13H19NO6S. The number of nitrogens with zero attached hydrogens (tertiary/aromatic N) is 1. The standard InChI is InChI=1S/C13H19NO6S/c1-3-9-5-6-12(20-9)21(17,18)14-8-10(19-4-2)7-11(14)13(15)16/h5-6,10-11H,3-4,7-8H2,1-2H3,(H,15,16)/t10-,11+/m1/s1. The molecule has 1 aliphatic rings. The number of hydrogen-bond donors (Lipinski definition) is 1. The molecule has 0 spiro atoms. The first-order valence-corrected chi connectivity index (χ1v) is 8.29. The molecule has 1 aliphatic heterocycles. The van der Waals surface area contributed by atoms with E-state index < -0.39 is 28.1 Å². The Balaban J connectivity index is 2.30. The summed E-state index contributed by atoms with van der Waals surface area (Å²) in [6.45, 7) is 4.06. The van der Waals surface area contributed by atoms with Gasteiger partial charge in [0.05, 0.1) is 6.10 Å². The molecule has 1 saturated heterocycles. The van der Waals surface area contributed by atoms with Crippen molar-refractivity contribution < 1.29 is 27.5 Å². The van der Waals surface area contributed by atoms with E-state index in [0.717, 1.165) is 4.31 Å². The highest BCUT2D eigenvalue weighted by Gasteiger charge is 2.45. The highest BCUT2D eigenvalue weighted by Crippen LogP contribution is 2.29. The van der Waals surface area contributed by atoms with Gasteiger partial charge in [-0.25, -0.2) is 8.42 Å². The van der Waals surface area contributed by atoms with Crippen LogP contribution in [0.25, 0.3) is 0 Å². The Bertz CT molecular complexity index is 608. The van der Waals surface area contributed by atoms with Gasteiger partial charge < -0.3 is 14.3 Å². The largest absolute Gasteiger partial charge is 0.480 e. The summed E-state index contributed by atoms with van der Waals surface area (Å²) in [5.74, 6) is -0.635. The first-order chi connectivity index (χ1) is 9.90. The molecule has 7 nitrogen and oxygen atoms in total. The quantitative estimate of drug-likeness (QED) is 0.843. The molecule has 2 heterocycles. The van der Waals surface area contributed by atoms with Crippen molar-refractivity contribution in [1.82, 2.24) is 4.31 Å². The van der Waals surface area contributed by atoms with Crippen molar-refractivity contribution in [3.8, 4) is 0 Å². The molecule has 0 saturated carbocycles. The topological polar surface area (TPSA) is 97.0 Å². The number of furan rings is 1. The molecule has 0 radical (unpaired) electrons. The molecule has 1 fully saturated rings. The fourth-order valence-electron chi connectivity index (χ4n) is 2.42. The van der Waals surface area contributed by atoms with Gasteiger partial charge in [-0.05, 0) is 19.1 Å². The number of carboxylic acids is 1. The lowest BCUT2D eigenvalue weighted by Crippen LogP contribution is -2.40. The lowest BCUT2D eigenvalue weighted by molar-refractivity contribution is -0.140. The molecule has 118 valence electrons. The van der Waals surface area contributed by atoms with Crippen LogP contribution < -0.4 is 0 Å². The fraction of sp³-hybridized carbons (Fsp3) is 0.615. The number of carboxylic acid groups (broad SMARTS) is 1. The minimum Gasteiger partial charge on any atom is -0.480 e. The van der Waals surface area contributed by atoms with Crippen LogP contribution in [0, 0.1) is 0 Å². The van der Waals surface area contributed by atoms with Gasteiger partial charge in [-0.3, -0.25) is 4.79 Å². The van der Waals surface area contributed by atoms with Crippen LogP contribution in [0.15, 0.2) is 21.6 Å². The molecule has 0 unspecified atom stereocenters. The highest BCUT2D eigenvalue weighted by molar-refractivity contribution is 7.89. The van der Waals surface area contributed by atoms with E-state index in [9.17, 15) is 18.3 Å². The van der Waals surface area contributed by atoms with E-state index in [1.807, 2.05) is 6.92 Å². The van der Waals surface area contributed by atoms with Gasteiger partial charge in [-0.1, -0.05) is 6.92 Å². The molecule has 0 aliphatic carbocycles. The maximum Gasteiger partial charge on any atom is 0.322 e.